The summed E-state index contributed by atoms with van der Waals surface area (Å²) < 4.78 is 37.2. The number of rotatable bonds is 8. The van der Waals surface area contributed by atoms with Crippen LogP contribution in [0.2, 0.25) is 18.1 Å². The molecule has 148 valence electrons. The molecule has 8 heteroatoms. The minimum atomic E-state index is -3.50. The first-order chi connectivity index (χ1) is 11.8. The largest absolute Gasteiger partial charge is 0.465 e. The highest BCUT2D eigenvalue weighted by Crippen LogP contribution is 2.36. The van der Waals surface area contributed by atoms with Crippen LogP contribution in [0.15, 0.2) is 24.3 Å². The van der Waals surface area contributed by atoms with Gasteiger partial charge in [-0.1, -0.05) is 32.9 Å². The minimum Gasteiger partial charge on any atom is -0.465 e. The average molecular weight is 402 g/mol. The molecule has 0 saturated heterocycles. The molecule has 0 aliphatic rings. The Morgan fingerprint density at radius 2 is 1.85 bits per heavy atom. The van der Waals surface area contributed by atoms with Crippen LogP contribution in [0, 0.1) is 0 Å². The van der Waals surface area contributed by atoms with Crippen LogP contribution < -0.4 is 0 Å². The van der Waals surface area contributed by atoms with Gasteiger partial charge < -0.3 is 9.16 Å². The van der Waals surface area contributed by atoms with Crippen molar-refractivity contribution in [2.24, 2.45) is 0 Å². The summed E-state index contributed by atoms with van der Waals surface area (Å²) in [5.74, 6) is -0.658. The fraction of sp³-hybridized carbons (Fsp3) is 0.611. The van der Waals surface area contributed by atoms with Gasteiger partial charge in [-0.25, -0.2) is 17.5 Å². The molecule has 0 fully saturated rings. The Bertz CT molecular complexity index is 725. The van der Waals surface area contributed by atoms with Crippen LogP contribution in [0.25, 0.3) is 0 Å². The van der Waals surface area contributed by atoms with Crippen LogP contribution in [-0.4, -0.2) is 54.3 Å². The Hall–Kier alpha value is -1.22. The van der Waals surface area contributed by atoms with Gasteiger partial charge in [0.25, 0.3) is 0 Å². The molecule has 0 spiro atoms. The van der Waals surface area contributed by atoms with Crippen molar-refractivity contribution >= 4 is 24.3 Å². The Labute approximate surface area is 158 Å². The first-order valence-corrected chi connectivity index (χ1v) is 13.1. The fourth-order valence-corrected chi connectivity index (χ4v) is 4.22. The maximum absolute atomic E-state index is 12.6. The normalized spacial score (nSPS) is 13.1. The van der Waals surface area contributed by atoms with Gasteiger partial charge in [-0.2, -0.15) is 0 Å². The second-order valence-electron chi connectivity index (χ2n) is 7.88. The molecule has 0 atom stereocenters. The maximum atomic E-state index is 12.6. The van der Waals surface area contributed by atoms with E-state index in [2.05, 4.69) is 38.6 Å². The Morgan fingerprint density at radius 1 is 1.23 bits per heavy atom. The lowest BCUT2D eigenvalue weighted by Gasteiger charge is -2.36. The van der Waals surface area contributed by atoms with Crippen molar-refractivity contribution < 1.29 is 22.4 Å². The number of nitrogens with zero attached hydrogens (tertiary/aromatic N) is 1. The molecule has 0 heterocycles. The number of likely N-dealkylation sites (N-methyl/N-ethyl adjacent to an activating group) is 1. The van der Waals surface area contributed by atoms with Crippen molar-refractivity contribution in [1.29, 1.82) is 0 Å². The lowest BCUT2D eigenvalue weighted by molar-refractivity contribution is 0.0600. The zero-order valence-corrected chi connectivity index (χ0v) is 18.6. The second-order valence-corrected chi connectivity index (χ2v) is 14.8. The van der Waals surface area contributed by atoms with Crippen LogP contribution in [-0.2, 0) is 24.9 Å². The number of carbonyl (C=O) groups is 1. The summed E-state index contributed by atoms with van der Waals surface area (Å²) in [7, 11) is -2.56. The first kappa shape index (κ1) is 22.8. The molecule has 6 nitrogen and oxygen atoms in total. The molecule has 26 heavy (non-hydrogen) atoms. The number of hydrogen-bond donors (Lipinski definition) is 0. The Kier molecular flexibility index (Phi) is 7.59. The lowest BCUT2D eigenvalue weighted by atomic mass is 10.1. The highest BCUT2D eigenvalue weighted by atomic mass is 32.2. The molecule has 0 aliphatic carbocycles. The Morgan fingerprint density at radius 3 is 2.38 bits per heavy atom. The molecular formula is C18H31NO5SSi. The van der Waals surface area contributed by atoms with E-state index in [1.54, 1.807) is 31.3 Å². The van der Waals surface area contributed by atoms with E-state index in [0.717, 1.165) is 0 Å². The van der Waals surface area contributed by atoms with Crippen molar-refractivity contribution in [1.82, 2.24) is 4.31 Å². The first-order valence-electron chi connectivity index (χ1n) is 8.55. The van der Waals surface area contributed by atoms with E-state index in [-0.39, 0.29) is 10.8 Å². The van der Waals surface area contributed by atoms with Crippen molar-refractivity contribution in [2.75, 3.05) is 27.3 Å². The quantitative estimate of drug-likeness (QED) is 0.494. The zero-order valence-electron chi connectivity index (χ0n) is 16.8. The number of ether oxygens (including phenoxy) is 1. The highest BCUT2D eigenvalue weighted by Gasteiger charge is 2.37. The number of benzene rings is 1. The van der Waals surface area contributed by atoms with Crippen molar-refractivity contribution in [3.63, 3.8) is 0 Å². The van der Waals surface area contributed by atoms with Gasteiger partial charge in [0.1, 0.15) is 0 Å². The minimum absolute atomic E-state index is 0.0821. The van der Waals surface area contributed by atoms with E-state index in [1.807, 2.05) is 0 Å². The molecule has 0 N–H and O–H groups in total. The van der Waals surface area contributed by atoms with Crippen LogP contribution in [0.4, 0.5) is 0 Å². The van der Waals surface area contributed by atoms with E-state index < -0.39 is 24.3 Å². The van der Waals surface area contributed by atoms with Gasteiger partial charge >= 0.3 is 5.97 Å². The number of carbonyl (C=O) groups excluding carboxylic acids is 1. The third kappa shape index (κ3) is 6.19. The summed E-state index contributed by atoms with van der Waals surface area (Å²) in [6.07, 6.45) is 0. The number of sulfonamides is 1. The van der Waals surface area contributed by atoms with E-state index in [0.29, 0.717) is 24.3 Å². The van der Waals surface area contributed by atoms with Crippen LogP contribution in [0.5, 0.6) is 0 Å². The van der Waals surface area contributed by atoms with Crippen LogP contribution >= 0.6 is 0 Å². The summed E-state index contributed by atoms with van der Waals surface area (Å²) in [6, 6.07) is 6.48. The summed E-state index contributed by atoms with van der Waals surface area (Å²) in [6.45, 7) is 11.4. The summed E-state index contributed by atoms with van der Waals surface area (Å²) >= 11 is 0. The summed E-state index contributed by atoms with van der Waals surface area (Å²) in [5, 5.41) is 0.0821. The van der Waals surface area contributed by atoms with Gasteiger partial charge in [0, 0.05) is 20.2 Å². The average Bonchev–Trinajstić information content (AvgIpc) is 2.52. The molecular weight excluding hydrogens is 370 g/mol. The molecule has 0 aromatic heterocycles. The maximum Gasteiger partial charge on any atom is 0.337 e. The van der Waals surface area contributed by atoms with Gasteiger partial charge in [0.2, 0.25) is 10.0 Å². The second kappa shape index (κ2) is 8.64. The summed E-state index contributed by atoms with van der Waals surface area (Å²) in [5.41, 5.74) is 0.883. The molecule has 0 saturated carbocycles. The predicted molar refractivity (Wildman–Crippen MR) is 106 cm³/mol. The van der Waals surface area contributed by atoms with Crippen molar-refractivity contribution in [2.45, 2.75) is 44.7 Å². The molecule has 0 aliphatic heterocycles. The smallest absolute Gasteiger partial charge is 0.337 e. The van der Waals surface area contributed by atoms with Gasteiger partial charge in [-0.3, -0.25) is 0 Å². The number of hydrogen-bond acceptors (Lipinski definition) is 5. The topological polar surface area (TPSA) is 72.9 Å². The molecule has 0 amide bonds. The van der Waals surface area contributed by atoms with Gasteiger partial charge in [0.05, 0.1) is 18.4 Å². The number of esters is 1. The molecule has 1 aromatic carbocycles. The van der Waals surface area contributed by atoms with E-state index in [9.17, 15) is 13.2 Å². The lowest BCUT2D eigenvalue weighted by Crippen LogP contribution is -2.43. The molecule has 1 rings (SSSR count). The standard InChI is InChI=1S/C18H31NO5SSi/c1-18(2,3)26(6,7)24-12-11-19(4)25(21,22)14-15-9-8-10-16(13-15)17(20)23-5/h8-10,13H,11-12,14H2,1-7H3. The Balaban J connectivity index is 2.72. The zero-order chi connectivity index (χ0) is 20.2. The summed E-state index contributed by atoms with van der Waals surface area (Å²) in [4.78, 5) is 11.6. The molecule has 0 bridgehead atoms. The number of methoxy groups -OCH3 is 1. The molecule has 1 aromatic rings. The fourth-order valence-electron chi connectivity index (χ4n) is 2.01. The van der Waals surface area contributed by atoms with Gasteiger partial charge in [-0.15, -0.1) is 0 Å². The SMILES string of the molecule is COC(=O)c1cccc(CS(=O)(=O)N(C)CCO[Si](C)(C)C(C)(C)C)c1. The van der Waals surface area contributed by atoms with Crippen molar-refractivity contribution in [3.8, 4) is 0 Å². The third-order valence-corrected chi connectivity index (χ3v) is 11.2. The monoisotopic (exact) mass is 401 g/mol. The predicted octanol–water partition coefficient (Wildman–Crippen LogP) is 3.26. The van der Waals surface area contributed by atoms with Crippen molar-refractivity contribution in [3.05, 3.63) is 35.4 Å². The van der Waals surface area contributed by atoms with E-state index in [1.165, 1.54) is 11.4 Å². The third-order valence-electron chi connectivity index (χ3n) is 4.85. The molecule has 0 unspecified atom stereocenters. The van der Waals surface area contributed by atoms with E-state index >= 15 is 0 Å². The van der Waals surface area contributed by atoms with Crippen LogP contribution in [0.1, 0.15) is 36.7 Å². The van der Waals surface area contributed by atoms with Gasteiger partial charge in [-0.05, 0) is 35.8 Å². The van der Waals surface area contributed by atoms with E-state index in [4.69, 9.17) is 4.43 Å². The van der Waals surface area contributed by atoms with Crippen LogP contribution in [0.3, 0.4) is 0 Å². The van der Waals surface area contributed by atoms with Gasteiger partial charge in [0.15, 0.2) is 8.32 Å². The molecule has 0 radical (unpaired) electrons. The highest BCUT2D eigenvalue weighted by molar-refractivity contribution is 7.88.